The second kappa shape index (κ2) is 14.6. The predicted molar refractivity (Wildman–Crippen MR) is 194 cm³/mol. The van der Waals surface area contributed by atoms with Crippen LogP contribution in [0.15, 0.2) is 65.8 Å². The van der Waals surface area contributed by atoms with Gasteiger partial charge in [0.05, 0.1) is 53.2 Å². The number of carbonyl (C=O) groups is 2. The van der Waals surface area contributed by atoms with Crippen molar-refractivity contribution in [2.24, 2.45) is 5.92 Å². The highest BCUT2D eigenvalue weighted by Crippen LogP contribution is 2.60. The number of nitrogens with zero attached hydrogens (tertiary/aromatic N) is 2. The lowest BCUT2D eigenvalue weighted by Crippen LogP contribution is -2.52. The molecule has 2 fully saturated rings. The van der Waals surface area contributed by atoms with Gasteiger partial charge in [-0.15, -0.1) is 0 Å². The number of rotatable bonds is 12. The number of hydrogen-bond acceptors (Lipinski definition) is 6. The molecule has 9 heteroatoms. The topological polar surface area (TPSA) is 88.5 Å². The van der Waals surface area contributed by atoms with Gasteiger partial charge in [0, 0.05) is 24.6 Å². The number of fused-ring (bicyclic) bond motifs is 2. The minimum absolute atomic E-state index is 0.0200. The van der Waals surface area contributed by atoms with Crippen LogP contribution in [0.3, 0.4) is 0 Å². The quantitative estimate of drug-likeness (QED) is 0.209. The standard InChI is InChI=1S/C39H54N2O6Si/c1-26(2)11-9-12-27(3)20-22-41-34-19-16-31(46-6)23-33(34)39(38(41)44)28(4)37(48(7,8)32-17-14-30(45-5)15-18-32)35(47-39)24-36(43)40-21-10-13-29(40)25-42/h11,14-20,23,28-29,35,37,42H,9-10,12-13,21-22,24-25H2,1-8H3/b27-20+/t28-,29+,35+,37-,39+/m1/s1. The summed E-state index contributed by atoms with van der Waals surface area (Å²) in [7, 11) is 0.892. The van der Waals surface area contributed by atoms with Crippen LogP contribution in [0.2, 0.25) is 18.6 Å². The Morgan fingerprint density at radius 2 is 1.75 bits per heavy atom. The third kappa shape index (κ3) is 6.61. The predicted octanol–water partition coefficient (Wildman–Crippen LogP) is 6.33. The van der Waals surface area contributed by atoms with Crippen LogP contribution < -0.4 is 19.6 Å². The van der Waals surface area contributed by atoms with E-state index >= 15 is 0 Å². The zero-order chi connectivity index (χ0) is 34.8. The van der Waals surface area contributed by atoms with Crippen molar-refractivity contribution >= 4 is 30.8 Å². The Morgan fingerprint density at radius 3 is 2.40 bits per heavy atom. The van der Waals surface area contributed by atoms with E-state index in [0.29, 0.717) is 18.8 Å². The lowest BCUT2D eigenvalue weighted by molar-refractivity contribution is -0.149. The second-order valence-corrected chi connectivity index (χ2v) is 19.3. The van der Waals surface area contributed by atoms with Crippen molar-refractivity contribution in [2.45, 2.75) is 96.2 Å². The van der Waals surface area contributed by atoms with Crippen molar-refractivity contribution < 1.29 is 28.9 Å². The molecule has 0 saturated carbocycles. The number of aliphatic hydroxyl groups is 1. The molecular weight excluding hydrogens is 621 g/mol. The van der Waals surface area contributed by atoms with E-state index in [0.717, 1.165) is 42.7 Å². The molecule has 2 amide bonds. The van der Waals surface area contributed by atoms with E-state index < -0.39 is 19.8 Å². The molecule has 2 aromatic rings. The lowest BCUT2D eigenvalue weighted by Gasteiger charge is -2.37. The van der Waals surface area contributed by atoms with Crippen LogP contribution in [0.5, 0.6) is 11.5 Å². The fraction of sp³-hybridized carbons (Fsp3) is 0.538. The van der Waals surface area contributed by atoms with Crippen molar-refractivity contribution in [2.75, 3.05) is 38.8 Å². The van der Waals surface area contributed by atoms with Crippen LogP contribution in [0.1, 0.15) is 65.4 Å². The van der Waals surface area contributed by atoms with Gasteiger partial charge in [-0.3, -0.25) is 9.59 Å². The molecule has 0 unspecified atom stereocenters. The number of allylic oxidation sites excluding steroid dienone is 3. The van der Waals surface area contributed by atoms with E-state index in [4.69, 9.17) is 14.2 Å². The van der Waals surface area contributed by atoms with Gasteiger partial charge in [-0.1, -0.05) is 60.6 Å². The smallest absolute Gasteiger partial charge is 0.264 e. The lowest BCUT2D eigenvalue weighted by atomic mass is 9.82. The molecule has 2 aromatic carbocycles. The Balaban J connectivity index is 1.57. The van der Waals surface area contributed by atoms with Gasteiger partial charge in [-0.05, 0) is 82.3 Å². The zero-order valence-corrected chi connectivity index (χ0v) is 31.0. The fourth-order valence-electron chi connectivity index (χ4n) is 8.38. The number of benzene rings is 2. The van der Waals surface area contributed by atoms with E-state index in [-0.39, 0.29) is 42.3 Å². The Bertz CT molecular complexity index is 1550. The minimum Gasteiger partial charge on any atom is -0.497 e. The first kappa shape index (κ1) is 35.9. The molecular formula is C39H54N2O6Si. The summed E-state index contributed by atoms with van der Waals surface area (Å²) in [6.45, 7) is 14.2. The molecule has 0 bridgehead atoms. The fourth-order valence-corrected chi connectivity index (χ4v) is 12.4. The molecule has 1 spiro atoms. The highest BCUT2D eigenvalue weighted by molar-refractivity contribution is 6.91. The van der Waals surface area contributed by atoms with Crippen molar-refractivity contribution in [3.05, 3.63) is 71.3 Å². The number of methoxy groups -OCH3 is 2. The summed E-state index contributed by atoms with van der Waals surface area (Å²) in [5, 5.41) is 11.2. The zero-order valence-electron chi connectivity index (χ0n) is 30.0. The summed E-state index contributed by atoms with van der Waals surface area (Å²) >= 11 is 0. The van der Waals surface area contributed by atoms with E-state index in [1.54, 1.807) is 14.2 Å². The van der Waals surface area contributed by atoms with Crippen molar-refractivity contribution in [3.63, 3.8) is 0 Å². The van der Waals surface area contributed by atoms with Gasteiger partial charge in [0.1, 0.15) is 11.5 Å². The van der Waals surface area contributed by atoms with Crippen LogP contribution in [-0.2, 0) is 19.9 Å². The monoisotopic (exact) mass is 674 g/mol. The SMILES string of the molecule is COc1ccc([Si](C)(C)[C@H]2[C@H](CC(=O)N3CCC[C@H]3CO)O[C@@]3(C(=O)N(C/C=C(\C)CCC=C(C)C)c4ccc(OC)cc43)[C@@H]2C)cc1. The number of ether oxygens (including phenoxy) is 3. The van der Waals surface area contributed by atoms with Gasteiger partial charge < -0.3 is 29.1 Å². The molecule has 3 aliphatic heterocycles. The number of carbonyl (C=O) groups excluding carboxylic acids is 2. The Labute approximate surface area is 287 Å². The molecule has 1 N–H and O–H groups in total. The average Bonchev–Trinajstić information content (AvgIpc) is 3.73. The normalized spacial score (nSPS) is 25.5. The average molecular weight is 675 g/mol. The number of hydrogen-bond donors (Lipinski definition) is 1. The van der Waals surface area contributed by atoms with E-state index in [1.807, 2.05) is 40.1 Å². The first-order chi connectivity index (χ1) is 22.9. The summed E-state index contributed by atoms with van der Waals surface area (Å²) < 4.78 is 18.3. The molecule has 0 aliphatic carbocycles. The molecule has 0 aromatic heterocycles. The summed E-state index contributed by atoms with van der Waals surface area (Å²) in [6.07, 6.45) is 7.64. The van der Waals surface area contributed by atoms with Gasteiger partial charge in [0.15, 0.2) is 5.60 Å². The van der Waals surface area contributed by atoms with Gasteiger partial charge in [-0.25, -0.2) is 0 Å². The van der Waals surface area contributed by atoms with E-state index in [9.17, 15) is 14.7 Å². The highest BCUT2D eigenvalue weighted by atomic mass is 28.3. The van der Waals surface area contributed by atoms with Crippen molar-refractivity contribution in [3.8, 4) is 11.5 Å². The molecule has 8 nitrogen and oxygen atoms in total. The third-order valence-corrected chi connectivity index (χ3v) is 15.4. The van der Waals surface area contributed by atoms with Crippen LogP contribution in [-0.4, -0.2) is 76.0 Å². The van der Waals surface area contributed by atoms with Crippen LogP contribution >= 0.6 is 0 Å². The van der Waals surface area contributed by atoms with E-state index in [1.165, 1.54) is 16.3 Å². The van der Waals surface area contributed by atoms with Crippen molar-refractivity contribution in [1.29, 1.82) is 0 Å². The van der Waals surface area contributed by atoms with E-state index in [2.05, 4.69) is 65.1 Å². The molecule has 48 heavy (non-hydrogen) atoms. The largest absolute Gasteiger partial charge is 0.497 e. The molecule has 5 rings (SSSR count). The van der Waals surface area contributed by atoms with Gasteiger partial charge in [0.25, 0.3) is 5.91 Å². The van der Waals surface area contributed by atoms with Crippen LogP contribution in [0.4, 0.5) is 5.69 Å². The van der Waals surface area contributed by atoms with Gasteiger partial charge in [0.2, 0.25) is 5.91 Å². The maximum atomic E-state index is 15.0. The maximum Gasteiger partial charge on any atom is 0.264 e. The van der Waals surface area contributed by atoms with Crippen LogP contribution in [0.25, 0.3) is 0 Å². The molecule has 5 atom stereocenters. The Kier molecular flexibility index (Phi) is 10.9. The maximum absolute atomic E-state index is 15.0. The second-order valence-electron chi connectivity index (χ2n) is 14.6. The molecule has 0 radical (unpaired) electrons. The summed E-state index contributed by atoms with van der Waals surface area (Å²) in [5.74, 6) is 1.13. The molecule has 2 saturated heterocycles. The number of anilines is 1. The number of amides is 2. The molecule has 3 aliphatic rings. The highest BCUT2D eigenvalue weighted by Gasteiger charge is 2.66. The van der Waals surface area contributed by atoms with Crippen molar-refractivity contribution in [1.82, 2.24) is 4.90 Å². The van der Waals surface area contributed by atoms with Crippen LogP contribution in [0, 0.1) is 5.92 Å². The Hall–Kier alpha value is -3.40. The third-order valence-electron chi connectivity index (χ3n) is 11.0. The number of aliphatic hydroxyl groups excluding tert-OH is 1. The van der Waals surface area contributed by atoms with Gasteiger partial charge in [-0.2, -0.15) is 0 Å². The Morgan fingerprint density at radius 1 is 1.06 bits per heavy atom. The molecule has 260 valence electrons. The minimum atomic E-state index is -2.41. The summed E-state index contributed by atoms with van der Waals surface area (Å²) in [6, 6.07) is 13.9. The summed E-state index contributed by atoms with van der Waals surface area (Å²) in [5.41, 5.74) is 2.85. The molecule has 3 heterocycles. The van der Waals surface area contributed by atoms with Gasteiger partial charge >= 0.3 is 0 Å². The first-order valence-electron chi connectivity index (χ1n) is 17.4. The first-order valence-corrected chi connectivity index (χ1v) is 20.5. The number of likely N-dealkylation sites (tertiary alicyclic amines) is 1. The summed E-state index contributed by atoms with van der Waals surface area (Å²) in [4.78, 5) is 32.6.